The maximum atomic E-state index is 12.7. The third kappa shape index (κ3) is 5.99. The molecular formula is C22H26ClN3O5S. The molecule has 1 aliphatic rings. The van der Waals surface area contributed by atoms with E-state index in [0.717, 1.165) is 5.56 Å². The highest BCUT2D eigenvalue weighted by Gasteiger charge is 2.26. The van der Waals surface area contributed by atoms with Crippen molar-refractivity contribution in [3.8, 4) is 5.75 Å². The Morgan fingerprint density at radius 2 is 1.84 bits per heavy atom. The van der Waals surface area contributed by atoms with Crippen molar-refractivity contribution in [3.05, 3.63) is 59.1 Å². The Balaban J connectivity index is 1.59. The van der Waals surface area contributed by atoms with Crippen molar-refractivity contribution in [1.82, 2.24) is 9.62 Å². The summed E-state index contributed by atoms with van der Waals surface area (Å²) >= 11 is 6.22. The van der Waals surface area contributed by atoms with Gasteiger partial charge >= 0.3 is 0 Å². The quantitative estimate of drug-likeness (QED) is 0.602. The summed E-state index contributed by atoms with van der Waals surface area (Å²) in [5.41, 5.74) is 6.14. The Morgan fingerprint density at radius 1 is 1.19 bits per heavy atom. The number of hydrogen-bond donors (Lipinski definition) is 2. The molecule has 1 unspecified atom stereocenters. The van der Waals surface area contributed by atoms with Crippen LogP contribution in [0.15, 0.2) is 53.4 Å². The molecule has 8 nitrogen and oxygen atoms in total. The van der Waals surface area contributed by atoms with Gasteiger partial charge in [0.15, 0.2) is 6.61 Å². The number of nitrogens with zero attached hydrogens (tertiary/aromatic N) is 1. The van der Waals surface area contributed by atoms with Gasteiger partial charge in [0.2, 0.25) is 15.9 Å². The Morgan fingerprint density at radius 3 is 2.44 bits per heavy atom. The molecule has 1 saturated heterocycles. The maximum absolute atomic E-state index is 12.7. The average molecular weight is 480 g/mol. The van der Waals surface area contributed by atoms with Crippen LogP contribution in [-0.2, 0) is 19.6 Å². The molecule has 1 atom stereocenters. The fourth-order valence-corrected chi connectivity index (χ4v) is 5.08. The van der Waals surface area contributed by atoms with Gasteiger partial charge in [0, 0.05) is 25.0 Å². The summed E-state index contributed by atoms with van der Waals surface area (Å²) in [6, 6.07) is 12.9. The molecule has 0 spiro atoms. The molecule has 1 aliphatic heterocycles. The van der Waals surface area contributed by atoms with Gasteiger partial charge < -0.3 is 15.4 Å². The molecule has 0 bridgehead atoms. The van der Waals surface area contributed by atoms with Crippen molar-refractivity contribution in [3.63, 3.8) is 0 Å². The number of benzene rings is 2. The summed E-state index contributed by atoms with van der Waals surface area (Å²) < 4.78 is 33.6. The number of amides is 2. The summed E-state index contributed by atoms with van der Waals surface area (Å²) in [5.74, 6) is -0.578. The lowest BCUT2D eigenvalue weighted by Gasteiger charge is -2.30. The predicted molar refractivity (Wildman–Crippen MR) is 121 cm³/mol. The molecular weight excluding hydrogens is 454 g/mol. The highest BCUT2D eigenvalue weighted by Crippen LogP contribution is 2.28. The lowest BCUT2D eigenvalue weighted by Crippen LogP contribution is -2.43. The van der Waals surface area contributed by atoms with Gasteiger partial charge in [-0.1, -0.05) is 41.9 Å². The zero-order chi connectivity index (χ0) is 23.3. The summed E-state index contributed by atoms with van der Waals surface area (Å²) in [4.78, 5) is 25.2. The van der Waals surface area contributed by atoms with Crippen LogP contribution in [0, 0.1) is 5.92 Å². The standard InChI is InChI=1S/C22H26ClN3O5S/c1-15(16-5-3-2-4-6-16)25-32(29,30)18-7-8-20(19(23)13-18)31-14-21(27)26-11-9-17(10-12-26)22(24)28/h2-8,13,15,17,25H,9-12,14H2,1H3,(H2,24,28). The van der Waals surface area contributed by atoms with E-state index >= 15 is 0 Å². The fraction of sp³-hybridized carbons (Fsp3) is 0.364. The van der Waals surface area contributed by atoms with Gasteiger partial charge in [-0.05, 0) is 43.5 Å². The van der Waals surface area contributed by atoms with Gasteiger partial charge in [0.25, 0.3) is 5.91 Å². The molecule has 2 aromatic rings. The first-order chi connectivity index (χ1) is 15.2. The van der Waals surface area contributed by atoms with E-state index in [1.165, 1.54) is 18.2 Å². The van der Waals surface area contributed by atoms with Gasteiger partial charge in [-0.25, -0.2) is 13.1 Å². The molecule has 10 heteroatoms. The summed E-state index contributed by atoms with van der Waals surface area (Å²) in [5, 5.41) is 0.0838. The first-order valence-corrected chi connectivity index (χ1v) is 12.1. The van der Waals surface area contributed by atoms with Crippen molar-refractivity contribution >= 4 is 33.4 Å². The van der Waals surface area contributed by atoms with Crippen LogP contribution < -0.4 is 15.2 Å². The first kappa shape index (κ1) is 24.0. The molecule has 0 aromatic heterocycles. The number of carbonyl (C=O) groups is 2. The SMILES string of the molecule is CC(NS(=O)(=O)c1ccc(OCC(=O)N2CCC(C(N)=O)CC2)c(Cl)c1)c1ccccc1. The molecule has 172 valence electrons. The zero-order valence-corrected chi connectivity index (χ0v) is 19.2. The molecule has 2 aromatic carbocycles. The number of nitrogens with one attached hydrogen (secondary N) is 1. The fourth-order valence-electron chi connectivity index (χ4n) is 3.52. The van der Waals surface area contributed by atoms with E-state index in [1.807, 2.05) is 30.3 Å². The van der Waals surface area contributed by atoms with Crippen molar-refractivity contribution in [1.29, 1.82) is 0 Å². The highest BCUT2D eigenvalue weighted by molar-refractivity contribution is 7.89. The number of primary amides is 1. The third-order valence-electron chi connectivity index (χ3n) is 5.45. The molecule has 1 heterocycles. The molecule has 3 N–H and O–H groups in total. The largest absolute Gasteiger partial charge is 0.482 e. The van der Waals surface area contributed by atoms with E-state index in [4.69, 9.17) is 22.1 Å². The van der Waals surface area contributed by atoms with Gasteiger partial charge in [-0.2, -0.15) is 0 Å². The lowest BCUT2D eigenvalue weighted by atomic mass is 9.96. The number of nitrogens with two attached hydrogens (primary N) is 1. The average Bonchev–Trinajstić information content (AvgIpc) is 2.78. The Labute approximate surface area is 192 Å². The molecule has 1 fully saturated rings. The van der Waals surface area contributed by atoms with E-state index in [2.05, 4.69) is 4.72 Å². The number of piperidine rings is 1. The van der Waals surface area contributed by atoms with Crippen LogP contribution in [0.3, 0.4) is 0 Å². The minimum atomic E-state index is -3.81. The first-order valence-electron chi connectivity index (χ1n) is 10.2. The lowest BCUT2D eigenvalue weighted by molar-refractivity contribution is -0.136. The van der Waals surface area contributed by atoms with E-state index in [-0.39, 0.29) is 40.0 Å². The van der Waals surface area contributed by atoms with Crippen LogP contribution in [0.2, 0.25) is 5.02 Å². The summed E-state index contributed by atoms with van der Waals surface area (Å²) in [6.45, 7) is 2.39. The van der Waals surface area contributed by atoms with Gasteiger partial charge in [-0.15, -0.1) is 0 Å². The summed E-state index contributed by atoms with van der Waals surface area (Å²) in [6.07, 6.45) is 1.06. The van der Waals surface area contributed by atoms with Crippen LogP contribution in [-0.4, -0.2) is 44.8 Å². The van der Waals surface area contributed by atoms with E-state index < -0.39 is 16.1 Å². The molecule has 2 amide bonds. The number of carbonyl (C=O) groups excluding carboxylic acids is 2. The predicted octanol–water partition coefficient (Wildman–Crippen LogP) is 2.48. The van der Waals surface area contributed by atoms with Crippen molar-refractivity contribution < 1.29 is 22.7 Å². The second-order valence-corrected chi connectivity index (χ2v) is 9.81. The minimum Gasteiger partial charge on any atom is -0.482 e. The number of hydrogen-bond acceptors (Lipinski definition) is 5. The van der Waals surface area contributed by atoms with Crippen LogP contribution in [0.5, 0.6) is 5.75 Å². The van der Waals surface area contributed by atoms with E-state index in [0.29, 0.717) is 25.9 Å². The molecule has 0 radical (unpaired) electrons. The van der Waals surface area contributed by atoms with Gasteiger partial charge in [0.05, 0.1) is 9.92 Å². The Bertz CT molecular complexity index is 1070. The van der Waals surface area contributed by atoms with Crippen molar-refractivity contribution in [2.75, 3.05) is 19.7 Å². The van der Waals surface area contributed by atoms with Gasteiger partial charge in [-0.3, -0.25) is 9.59 Å². The third-order valence-corrected chi connectivity index (χ3v) is 7.28. The number of likely N-dealkylation sites (tertiary alicyclic amines) is 1. The van der Waals surface area contributed by atoms with E-state index in [1.54, 1.807) is 11.8 Å². The number of ether oxygens (including phenoxy) is 1. The second-order valence-electron chi connectivity index (χ2n) is 7.69. The van der Waals surface area contributed by atoms with Crippen LogP contribution in [0.1, 0.15) is 31.4 Å². The molecule has 0 saturated carbocycles. The van der Waals surface area contributed by atoms with Crippen molar-refractivity contribution in [2.45, 2.75) is 30.7 Å². The Hall–Kier alpha value is -2.62. The van der Waals surface area contributed by atoms with Crippen molar-refractivity contribution in [2.24, 2.45) is 11.7 Å². The minimum absolute atomic E-state index is 0.00233. The molecule has 0 aliphatic carbocycles. The van der Waals surface area contributed by atoms with Crippen LogP contribution in [0.4, 0.5) is 0 Å². The van der Waals surface area contributed by atoms with E-state index in [9.17, 15) is 18.0 Å². The van der Waals surface area contributed by atoms with Gasteiger partial charge in [0.1, 0.15) is 5.75 Å². The Kier molecular flexibility index (Phi) is 7.76. The summed E-state index contributed by atoms with van der Waals surface area (Å²) in [7, 11) is -3.81. The monoisotopic (exact) mass is 479 g/mol. The number of halogens is 1. The van der Waals surface area contributed by atoms with Crippen LogP contribution >= 0.6 is 11.6 Å². The topological polar surface area (TPSA) is 119 Å². The molecule has 3 rings (SSSR count). The molecule has 32 heavy (non-hydrogen) atoms. The maximum Gasteiger partial charge on any atom is 0.260 e. The smallest absolute Gasteiger partial charge is 0.260 e. The zero-order valence-electron chi connectivity index (χ0n) is 17.7. The normalized spacial score (nSPS) is 15.9. The highest BCUT2D eigenvalue weighted by atomic mass is 35.5. The number of sulfonamides is 1. The second kappa shape index (κ2) is 10.3. The van der Waals surface area contributed by atoms with Crippen LogP contribution in [0.25, 0.3) is 0 Å². The number of rotatable bonds is 8.